The monoisotopic (exact) mass is 214 g/mol. The molecule has 0 radical (unpaired) electrons. The zero-order valence-corrected chi connectivity index (χ0v) is 9.09. The minimum atomic E-state index is 0.581. The van der Waals surface area contributed by atoms with E-state index in [1.54, 1.807) is 0 Å². The number of rotatable bonds is 2. The van der Waals surface area contributed by atoms with E-state index in [9.17, 15) is 0 Å². The van der Waals surface area contributed by atoms with Gasteiger partial charge >= 0.3 is 0 Å². The van der Waals surface area contributed by atoms with Crippen molar-refractivity contribution in [3.8, 4) is 0 Å². The van der Waals surface area contributed by atoms with Gasteiger partial charge < -0.3 is 5.32 Å². The number of piperazine rings is 1. The van der Waals surface area contributed by atoms with Crippen molar-refractivity contribution in [2.24, 2.45) is 7.05 Å². The van der Waals surface area contributed by atoms with E-state index in [0.717, 1.165) is 32.7 Å². The summed E-state index contributed by atoms with van der Waals surface area (Å²) in [5.74, 6) is 0. The van der Waals surface area contributed by atoms with Crippen molar-refractivity contribution >= 4 is 11.6 Å². The predicted octanol–water partition coefficient (Wildman–Crippen LogP) is 0.479. The van der Waals surface area contributed by atoms with E-state index in [1.807, 2.05) is 17.8 Å². The van der Waals surface area contributed by atoms with Crippen molar-refractivity contribution in [3.63, 3.8) is 0 Å². The van der Waals surface area contributed by atoms with Crippen LogP contribution in [0.4, 0.5) is 0 Å². The highest BCUT2D eigenvalue weighted by atomic mass is 35.5. The van der Waals surface area contributed by atoms with E-state index in [-0.39, 0.29) is 0 Å². The van der Waals surface area contributed by atoms with Gasteiger partial charge in [0.15, 0.2) is 5.15 Å². The molecule has 0 amide bonds. The van der Waals surface area contributed by atoms with Gasteiger partial charge in [-0.1, -0.05) is 11.6 Å². The highest BCUT2D eigenvalue weighted by Crippen LogP contribution is 2.11. The SMILES string of the molecule is Cn1nc(Cl)cc1CN1CCNCC1. The molecule has 2 rings (SSSR count). The largest absolute Gasteiger partial charge is 0.314 e. The second kappa shape index (κ2) is 4.29. The summed E-state index contributed by atoms with van der Waals surface area (Å²) in [6.45, 7) is 5.29. The van der Waals surface area contributed by atoms with Crippen molar-refractivity contribution < 1.29 is 0 Å². The Morgan fingerprint density at radius 3 is 2.79 bits per heavy atom. The van der Waals surface area contributed by atoms with Crippen LogP contribution >= 0.6 is 11.6 Å². The number of hydrogen-bond acceptors (Lipinski definition) is 3. The van der Waals surface area contributed by atoms with Crippen LogP contribution in [-0.4, -0.2) is 40.9 Å². The second-order valence-electron chi connectivity index (χ2n) is 3.61. The molecule has 4 nitrogen and oxygen atoms in total. The first kappa shape index (κ1) is 9.96. The maximum Gasteiger partial charge on any atom is 0.151 e. The molecular formula is C9H15ClN4. The molecule has 0 saturated carbocycles. The molecule has 0 unspecified atom stereocenters. The van der Waals surface area contributed by atoms with Gasteiger partial charge in [-0.15, -0.1) is 0 Å². The molecule has 1 aliphatic rings. The molecule has 0 atom stereocenters. The van der Waals surface area contributed by atoms with Crippen LogP contribution in [0.2, 0.25) is 5.15 Å². The van der Waals surface area contributed by atoms with Crippen LogP contribution in [0.25, 0.3) is 0 Å². The summed E-state index contributed by atoms with van der Waals surface area (Å²) in [7, 11) is 1.93. The molecule has 1 aliphatic heterocycles. The van der Waals surface area contributed by atoms with Gasteiger partial charge in [0, 0.05) is 39.8 Å². The van der Waals surface area contributed by atoms with Gasteiger partial charge in [0.1, 0.15) is 0 Å². The second-order valence-corrected chi connectivity index (χ2v) is 4.00. The van der Waals surface area contributed by atoms with E-state index in [0.29, 0.717) is 5.15 Å². The lowest BCUT2D eigenvalue weighted by molar-refractivity contribution is 0.228. The molecule has 78 valence electrons. The van der Waals surface area contributed by atoms with Crippen LogP contribution in [0.5, 0.6) is 0 Å². The zero-order chi connectivity index (χ0) is 9.97. The number of nitrogens with one attached hydrogen (secondary N) is 1. The molecule has 5 heteroatoms. The Kier molecular flexibility index (Phi) is 3.05. The fourth-order valence-electron chi connectivity index (χ4n) is 1.71. The molecule has 0 aromatic carbocycles. The van der Waals surface area contributed by atoms with Gasteiger partial charge in [-0.05, 0) is 6.07 Å². The summed E-state index contributed by atoms with van der Waals surface area (Å²) < 4.78 is 1.85. The highest BCUT2D eigenvalue weighted by molar-refractivity contribution is 6.29. The lowest BCUT2D eigenvalue weighted by atomic mass is 10.3. The number of nitrogens with zero attached hydrogens (tertiary/aromatic N) is 3. The molecule has 14 heavy (non-hydrogen) atoms. The van der Waals surface area contributed by atoms with E-state index in [1.165, 1.54) is 5.69 Å². The van der Waals surface area contributed by atoms with Gasteiger partial charge in [-0.2, -0.15) is 5.10 Å². The van der Waals surface area contributed by atoms with Crippen molar-refractivity contribution in [2.75, 3.05) is 26.2 Å². The average Bonchev–Trinajstić information content (AvgIpc) is 2.47. The van der Waals surface area contributed by atoms with Crippen LogP contribution in [-0.2, 0) is 13.6 Å². The van der Waals surface area contributed by atoms with Gasteiger partial charge in [0.05, 0.1) is 5.69 Å². The summed E-state index contributed by atoms with van der Waals surface area (Å²) in [5.41, 5.74) is 1.18. The molecule has 1 fully saturated rings. The Morgan fingerprint density at radius 2 is 2.21 bits per heavy atom. The summed E-state index contributed by atoms with van der Waals surface area (Å²) in [5, 5.41) is 8.03. The van der Waals surface area contributed by atoms with Crippen LogP contribution in [0, 0.1) is 0 Å². The molecule has 1 saturated heterocycles. The minimum Gasteiger partial charge on any atom is -0.314 e. The third-order valence-corrected chi connectivity index (χ3v) is 2.73. The van der Waals surface area contributed by atoms with Crippen LogP contribution in [0.1, 0.15) is 5.69 Å². The van der Waals surface area contributed by atoms with E-state index >= 15 is 0 Å². The van der Waals surface area contributed by atoms with Crippen LogP contribution in [0.3, 0.4) is 0 Å². The van der Waals surface area contributed by atoms with Gasteiger partial charge in [0.25, 0.3) is 0 Å². The molecule has 1 aromatic rings. The highest BCUT2D eigenvalue weighted by Gasteiger charge is 2.12. The van der Waals surface area contributed by atoms with Crippen molar-refractivity contribution in [2.45, 2.75) is 6.54 Å². The standard InChI is InChI=1S/C9H15ClN4/c1-13-8(6-9(10)12-13)7-14-4-2-11-3-5-14/h6,11H,2-5,7H2,1H3. The van der Waals surface area contributed by atoms with E-state index in [4.69, 9.17) is 11.6 Å². The van der Waals surface area contributed by atoms with Gasteiger partial charge in [-0.3, -0.25) is 9.58 Å². The topological polar surface area (TPSA) is 33.1 Å². The number of hydrogen-bond donors (Lipinski definition) is 1. The van der Waals surface area contributed by atoms with Crippen molar-refractivity contribution in [3.05, 3.63) is 16.9 Å². The Morgan fingerprint density at radius 1 is 1.50 bits per heavy atom. The van der Waals surface area contributed by atoms with Crippen molar-refractivity contribution in [1.29, 1.82) is 0 Å². The first-order valence-electron chi connectivity index (χ1n) is 4.87. The molecule has 0 aliphatic carbocycles. The average molecular weight is 215 g/mol. The first-order valence-corrected chi connectivity index (χ1v) is 5.25. The van der Waals surface area contributed by atoms with Gasteiger partial charge in [-0.25, -0.2) is 0 Å². The predicted molar refractivity (Wildman–Crippen MR) is 56.4 cm³/mol. The lowest BCUT2D eigenvalue weighted by Gasteiger charge is -2.26. The van der Waals surface area contributed by atoms with Crippen LogP contribution in [0.15, 0.2) is 6.07 Å². The third kappa shape index (κ3) is 2.26. The Bertz CT molecular complexity index is 304. The fraction of sp³-hybridized carbons (Fsp3) is 0.667. The fourth-order valence-corrected chi connectivity index (χ4v) is 1.95. The smallest absolute Gasteiger partial charge is 0.151 e. The zero-order valence-electron chi connectivity index (χ0n) is 8.33. The van der Waals surface area contributed by atoms with Crippen molar-refractivity contribution in [1.82, 2.24) is 20.0 Å². The third-order valence-electron chi connectivity index (χ3n) is 2.54. The molecule has 1 N–H and O–H groups in total. The summed E-state index contributed by atoms with van der Waals surface area (Å²) >= 11 is 5.82. The van der Waals surface area contributed by atoms with Gasteiger partial charge in [0.2, 0.25) is 0 Å². The van der Waals surface area contributed by atoms with E-state index in [2.05, 4.69) is 15.3 Å². The Balaban J connectivity index is 1.98. The molecule has 0 spiro atoms. The van der Waals surface area contributed by atoms with E-state index < -0.39 is 0 Å². The molecule has 2 heterocycles. The Labute approximate surface area is 88.8 Å². The Hall–Kier alpha value is -0.580. The minimum absolute atomic E-state index is 0.581. The molecule has 0 bridgehead atoms. The quantitative estimate of drug-likeness (QED) is 0.778. The van der Waals surface area contributed by atoms with Crippen LogP contribution < -0.4 is 5.32 Å². The molecule has 1 aromatic heterocycles. The normalized spacial score (nSPS) is 18.7. The summed E-state index contributed by atoms with van der Waals surface area (Å²) in [6, 6.07) is 1.93. The lowest BCUT2D eigenvalue weighted by Crippen LogP contribution is -2.43. The summed E-state index contributed by atoms with van der Waals surface area (Å²) in [4.78, 5) is 2.41. The first-order chi connectivity index (χ1) is 6.75. The number of aromatic nitrogens is 2. The number of halogens is 1. The maximum atomic E-state index is 5.82. The molecular weight excluding hydrogens is 200 g/mol. The number of aryl methyl sites for hydroxylation is 1. The maximum absolute atomic E-state index is 5.82. The summed E-state index contributed by atoms with van der Waals surface area (Å²) in [6.07, 6.45) is 0.